The lowest BCUT2D eigenvalue weighted by atomic mass is 9.85. The van der Waals surface area contributed by atoms with E-state index < -0.39 is 83.5 Å². The number of esters is 2. The Morgan fingerprint density at radius 1 is 0.515 bits per heavy atom. The fraction of sp³-hybridized carbons (Fsp3) is 0.809. The molecule has 1 saturated carbocycles. The maximum Gasteiger partial charge on any atom is 0.472 e. The molecule has 1 aliphatic rings. The second-order valence-corrected chi connectivity index (χ2v) is 19.8. The summed E-state index contributed by atoms with van der Waals surface area (Å²) >= 11 is 0. The Bertz CT molecular complexity index is 1480. The Morgan fingerprint density at radius 2 is 0.970 bits per heavy atom. The minimum atomic E-state index is -5.37. The van der Waals surface area contributed by atoms with Gasteiger partial charge in [0.25, 0.3) is 0 Å². The van der Waals surface area contributed by atoms with Crippen molar-refractivity contribution in [2.45, 2.75) is 230 Å². The first-order valence-corrected chi connectivity index (χ1v) is 27.5. The molecule has 0 amide bonds. The number of unbranched alkanes of at least 4 members (excludes halogenated alkanes) is 20. The third-order valence-corrected chi connectivity index (χ3v) is 12.7. The van der Waals surface area contributed by atoms with Crippen molar-refractivity contribution in [3.05, 3.63) is 36.5 Å². The molecule has 66 heavy (non-hydrogen) atoms. The zero-order valence-electron chi connectivity index (χ0n) is 39.6. The van der Waals surface area contributed by atoms with E-state index in [0.717, 1.165) is 103 Å². The van der Waals surface area contributed by atoms with Crippen LogP contribution in [-0.4, -0.2) is 109 Å². The highest BCUT2D eigenvalue weighted by molar-refractivity contribution is 7.47. The van der Waals surface area contributed by atoms with Crippen LogP contribution in [0, 0.1) is 0 Å². The fourth-order valence-corrected chi connectivity index (χ4v) is 8.84. The average molecular weight is 983 g/mol. The summed E-state index contributed by atoms with van der Waals surface area (Å²) in [7, 11) is -10.7. The Balaban J connectivity index is 2.60. The largest absolute Gasteiger partial charge is 0.472 e. The predicted molar refractivity (Wildman–Crippen MR) is 251 cm³/mol. The number of ketones is 1. The van der Waals surface area contributed by atoms with E-state index in [1.54, 1.807) is 12.2 Å². The molecular weight excluding hydrogens is 898 g/mol. The summed E-state index contributed by atoms with van der Waals surface area (Å²) in [6.45, 7) is 2.93. The molecule has 19 heteroatoms. The molecule has 0 aliphatic heterocycles. The molecule has 384 valence electrons. The molecular formula is C47H84O17P2. The maximum absolute atomic E-state index is 13.0. The number of aliphatic hydroxyl groups excluding tert-OH is 4. The number of hydrogen-bond acceptors (Lipinski definition) is 14. The van der Waals surface area contributed by atoms with Gasteiger partial charge in [-0.25, -0.2) is 9.13 Å². The standard InChI is InChI=1S/C47H84O17P2/c1-3-5-7-8-9-10-11-12-13-14-15-16-17-20-24-27-31-35-41(50)62-39(36-60-40(49)34-30-26-23-21-18-19-22-25-29-33-38(48)32-28-6-4-2)37-61-66(58,59)64-47-44(53)42(51)43(52)46(45(47)54)63-65(55,56)57/h12-13,22,25,29,33,39,42-47,51-54H,3-11,14-21,23-24,26-28,30-32,34-37H2,1-2H3,(H,58,59)(H2,55,56,57)/b13-12-,25-22-,33-29+/t39-,42?,43?,44?,45?,46-,47+/m1/s1. The van der Waals surface area contributed by atoms with Crippen molar-refractivity contribution in [2.24, 2.45) is 0 Å². The summed E-state index contributed by atoms with van der Waals surface area (Å²) in [6.07, 6.45) is 22.2. The number of hydrogen-bond donors (Lipinski definition) is 7. The van der Waals surface area contributed by atoms with Gasteiger partial charge in [-0.1, -0.05) is 141 Å². The van der Waals surface area contributed by atoms with Crippen LogP contribution < -0.4 is 0 Å². The number of phosphoric acid groups is 2. The number of phosphoric ester groups is 2. The van der Waals surface area contributed by atoms with Crippen LogP contribution in [0.4, 0.5) is 0 Å². The summed E-state index contributed by atoms with van der Waals surface area (Å²) in [6, 6.07) is 0. The molecule has 0 bridgehead atoms. The number of ether oxygens (including phenoxy) is 2. The molecule has 0 aromatic heterocycles. The normalized spacial score (nSPS) is 21.7. The SMILES string of the molecule is CCCCCCCC/C=C\CCCCCCCCCC(=O)O[C@H](COC(=O)CCCCCCC/C=C\C=C\C(=O)CCCCC)COP(=O)(O)O[C@H]1C(O)C(O)C(O)[C@@H](OP(=O)(O)O)C1O. The number of carbonyl (C=O) groups excluding carboxylic acids is 3. The first kappa shape index (κ1) is 61.9. The van der Waals surface area contributed by atoms with Gasteiger partial charge < -0.3 is 44.6 Å². The Kier molecular flexibility index (Phi) is 35.4. The van der Waals surface area contributed by atoms with E-state index in [1.165, 1.54) is 38.5 Å². The molecule has 5 unspecified atom stereocenters. The van der Waals surface area contributed by atoms with Gasteiger partial charge in [-0.2, -0.15) is 0 Å². The smallest absolute Gasteiger partial charge is 0.462 e. The quantitative estimate of drug-likeness (QED) is 0.00753. The zero-order chi connectivity index (χ0) is 49.1. The number of aliphatic hydroxyl groups is 4. The third kappa shape index (κ3) is 31.8. The van der Waals surface area contributed by atoms with Gasteiger partial charge in [0, 0.05) is 19.3 Å². The molecule has 0 aromatic rings. The summed E-state index contributed by atoms with van der Waals surface area (Å²) in [5, 5.41) is 41.2. The zero-order valence-corrected chi connectivity index (χ0v) is 41.4. The molecule has 8 atom stereocenters. The Hall–Kier alpha value is -2.11. The van der Waals surface area contributed by atoms with Crippen LogP contribution in [0.5, 0.6) is 0 Å². The molecule has 0 saturated heterocycles. The van der Waals surface area contributed by atoms with E-state index >= 15 is 0 Å². The van der Waals surface area contributed by atoms with Crippen LogP contribution in [-0.2, 0) is 46.6 Å². The van der Waals surface area contributed by atoms with Crippen molar-refractivity contribution in [2.75, 3.05) is 13.2 Å². The molecule has 0 aromatic carbocycles. The number of rotatable bonds is 41. The van der Waals surface area contributed by atoms with Gasteiger partial charge in [-0.15, -0.1) is 0 Å². The summed E-state index contributed by atoms with van der Waals surface area (Å²) in [4.78, 5) is 66.1. The van der Waals surface area contributed by atoms with Gasteiger partial charge in [0.05, 0.1) is 6.61 Å². The van der Waals surface area contributed by atoms with E-state index in [1.807, 2.05) is 12.2 Å². The van der Waals surface area contributed by atoms with Gasteiger partial charge in [0.2, 0.25) is 0 Å². The van der Waals surface area contributed by atoms with Gasteiger partial charge in [0.1, 0.15) is 43.2 Å². The highest BCUT2D eigenvalue weighted by Crippen LogP contribution is 2.49. The second-order valence-electron chi connectivity index (χ2n) is 17.2. The van der Waals surface area contributed by atoms with Crippen LogP contribution in [0.15, 0.2) is 36.5 Å². The molecule has 7 N–H and O–H groups in total. The minimum Gasteiger partial charge on any atom is -0.462 e. The fourth-order valence-electron chi connectivity index (χ4n) is 7.30. The lowest BCUT2D eigenvalue weighted by Gasteiger charge is -2.43. The second kappa shape index (κ2) is 37.7. The van der Waals surface area contributed by atoms with Crippen molar-refractivity contribution in [3.63, 3.8) is 0 Å². The predicted octanol–water partition coefficient (Wildman–Crippen LogP) is 8.69. The lowest BCUT2D eigenvalue weighted by Crippen LogP contribution is -2.64. The van der Waals surface area contributed by atoms with Crippen molar-refractivity contribution in [1.82, 2.24) is 0 Å². The molecule has 0 spiro atoms. The van der Waals surface area contributed by atoms with Gasteiger partial charge in [-0.3, -0.25) is 28.0 Å². The molecule has 1 fully saturated rings. The van der Waals surface area contributed by atoms with Crippen molar-refractivity contribution < 1.29 is 81.7 Å². The van der Waals surface area contributed by atoms with E-state index in [0.29, 0.717) is 19.3 Å². The van der Waals surface area contributed by atoms with Gasteiger partial charge in [0.15, 0.2) is 11.9 Å². The maximum atomic E-state index is 13.0. The lowest BCUT2D eigenvalue weighted by molar-refractivity contribution is -0.216. The highest BCUT2D eigenvalue weighted by atomic mass is 31.2. The van der Waals surface area contributed by atoms with Crippen molar-refractivity contribution in [1.29, 1.82) is 0 Å². The van der Waals surface area contributed by atoms with E-state index in [4.69, 9.17) is 18.5 Å². The van der Waals surface area contributed by atoms with Crippen LogP contribution in [0.3, 0.4) is 0 Å². The van der Waals surface area contributed by atoms with Gasteiger partial charge >= 0.3 is 27.6 Å². The van der Waals surface area contributed by atoms with Gasteiger partial charge in [-0.05, 0) is 63.9 Å². The van der Waals surface area contributed by atoms with Crippen molar-refractivity contribution in [3.8, 4) is 0 Å². The highest BCUT2D eigenvalue weighted by Gasteiger charge is 2.54. The Labute approximate surface area is 393 Å². The molecule has 17 nitrogen and oxygen atoms in total. The monoisotopic (exact) mass is 983 g/mol. The summed E-state index contributed by atoms with van der Waals surface area (Å²) in [5.41, 5.74) is 0. The minimum absolute atomic E-state index is 0.0219. The summed E-state index contributed by atoms with van der Waals surface area (Å²) in [5.74, 6) is -1.14. The third-order valence-electron chi connectivity index (χ3n) is 11.2. The first-order valence-electron chi connectivity index (χ1n) is 24.5. The number of carbonyl (C=O) groups is 3. The van der Waals surface area contributed by atoms with Crippen LogP contribution >= 0.6 is 15.6 Å². The average Bonchev–Trinajstić information content (AvgIpc) is 3.26. The number of allylic oxidation sites excluding steroid dienone is 6. The topological polar surface area (TPSA) is 273 Å². The van der Waals surface area contributed by atoms with Crippen LogP contribution in [0.25, 0.3) is 0 Å². The van der Waals surface area contributed by atoms with E-state index in [-0.39, 0.29) is 18.6 Å². The molecule has 0 radical (unpaired) electrons. The van der Waals surface area contributed by atoms with Crippen LogP contribution in [0.1, 0.15) is 187 Å². The molecule has 0 heterocycles. The molecule has 1 rings (SSSR count). The first-order chi connectivity index (χ1) is 31.5. The summed E-state index contributed by atoms with van der Waals surface area (Å²) < 4.78 is 49.3. The molecule has 1 aliphatic carbocycles. The van der Waals surface area contributed by atoms with E-state index in [9.17, 15) is 58.6 Å². The van der Waals surface area contributed by atoms with E-state index in [2.05, 4.69) is 30.5 Å². The Morgan fingerprint density at radius 3 is 1.52 bits per heavy atom. The van der Waals surface area contributed by atoms with Crippen molar-refractivity contribution >= 4 is 33.4 Å². The van der Waals surface area contributed by atoms with Crippen LogP contribution in [0.2, 0.25) is 0 Å².